The molecule has 0 radical (unpaired) electrons. The average Bonchev–Trinajstić information content (AvgIpc) is 2.40. The molecular formula is C13H14N4O. The topological polar surface area (TPSA) is 72.5 Å². The van der Waals surface area contributed by atoms with Crippen molar-refractivity contribution in [2.75, 3.05) is 12.4 Å². The van der Waals surface area contributed by atoms with E-state index in [-0.39, 0.29) is 5.96 Å². The minimum atomic E-state index is 0.280. The van der Waals surface area contributed by atoms with Gasteiger partial charge in [0.1, 0.15) is 5.75 Å². The molecule has 18 heavy (non-hydrogen) atoms. The lowest BCUT2D eigenvalue weighted by atomic mass is 10.3. The van der Waals surface area contributed by atoms with E-state index in [0.717, 1.165) is 5.69 Å². The fourth-order valence-electron chi connectivity index (χ4n) is 1.41. The van der Waals surface area contributed by atoms with Crippen LogP contribution >= 0.6 is 0 Å². The van der Waals surface area contributed by atoms with Crippen LogP contribution in [0.2, 0.25) is 0 Å². The second-order valence-electron chi connectivity index (χ2n) is 3.54. The Kier molecular flexibility index (Phi) is 3.76. The Morgan fingerprint density at radius 1 is 1.28 bits per heavy atom. The number of guanidine groups is 1. The highest BCUT2D eigenvalue weighted by Gasteiger charge is 1.98. The number of anilines is 1. The number of methoxy groups -OCH3 is 1. The summed E-state index contributed by atoms with van der Waals surface area (Å²) in [5, 5.41) is 2.97. The summed E-state index contributed by atoms with van der Waals surface area (Å²) in [7, 11) is 1.59. The van der Waals surface area contributed by atoms with Crippen molar-refractivity contribution in [3.8, 4) is 5.75 Å². The number of aliphatic imine (C=N–C) groups is 1. The molecule has 0 spiro atoms. The highest BCUT2D eigenvalue weighted by molar-refractivity contribution is 5.93. The number of nitrogens with zero attached hydrogens (tertiary/aromatic N) is 2. The standard InChI is InChI=1S/C13H14N4O/c1-18-11-7-8-15-12(9-11)17-13(14)16-10-5-3-2-4-6-10/h2-9H,1H3,(H3,14,15,16,17). The van der Waals surface area contributed by atoms with Crippen LogP contribution in [0.1, 0.15) is 0 Å². The molecule has 5 nitrogen and oxygen atoms in total. The van der Waals surface area contributed by atoms with Gasteiger partial charge in [-0.2, -0.15) is 4.99 Å². The van der Waals surface area contributed by atoms with Gasteiger partial charge in [0.2, 0.25) is 0 Å². The van der Waals surface area contributed by atoms with Crippen LogP contribution in [-0.2, 0) is 0 Å². The molecular weight excluding hydrogens is 228 g/mol. The second-order valence-corrected chi connectivity index (χ2v) is 3.54. The third-order valence-electron chi connectivity index (χ3n) is 2.23. The molecule has 0 unspecified atom stereocenters. The van der Waals surface area contributed by atoms with Crippen molar-refractivity contribution in [3.63, 3.8) is 0 Å². The summed E-state index contributed by atoms with van der Waals surface area (Å²) in [4.78, 5) is 8.24. The Labute approximate surface area is 105 Å². The molecule has 3 N–H and O–H groups in total. The summed E-state index contributed by atoms with van der Waals surface area (Å²) >= 11 is 0. The van der Waals surface area contributed by atoms with Gasteiger partial charge in [-0.15, -0.1) is 0 Å². The maximum Gasteiger partial charge on any atom is 0.199 e. The van der Waals surface area contributed by atoms with Crippen LogP contribution in [0, 0.1) is 0 Å². The lowest BCUT2D eigenvalue weighted by Gasteiger charge is -2.05. The predicted octanol–water partition coefficient (Wildman–Crippen LogP) is 2.15. The van der Waals surface area contributed by atoms with Crippen molar-refractivity contribution in [2.45, 2.75) is 0 Å². The molecule has 0 saturated carbocycles. The molecule has 2 rings (SSSR count). The van der Waals surface area contributed by atoms with E-state index in [0.29, 0.717) is 11.6 Å². The predicted molar refractivity (Wildman–Crippen MR) is 72.1 cm³/mol. The lowest BCUT2D eigenvalue weighted by Crippen LogP contribution is -2.21. The fourth-order valence-corrected chi connectivity index (χ4v) is 1.41. The van der Waals surface area contributed by atoms with E-state index in [1.165, 1.54) is 0 Å². The zero-order valence-corrected chi connectivity index (χ0v) is 10.00. The number of nitrogens with one attached hydrogen (secondary N) is 1. The zero-order chi connectivity index (χ0) is 12.8. The molecule has 0 fully saturated rings. The fraction of sp³-hybridized carbons (Fsp3) is 0.0769. The van der Waals surface area contributed by atoms with E-state index >= 15 is 0 Å². The monoisotopic (exact) mass is 242 g/mol. The zero-order valence-electron chi connectivity index (χ0n) is 10.00. The molecule has 1 aromatic carbocycles. The molecule has 5 heteroatoms. The maximum atomic E-state index is 5.79. The minimum absolute atomic E-state index is 0.280. The number of para-hydroxylation sites is 1. The molecule has 92 valence electrons. The van der Waals surface area contributed by atoms with Crippen LogP contribution in [-0.4, -0.2) is 18.1 Å². The molecule has 0 amide bonds. The quantitative estimate of drug-likeness (QED) is 0.639. The van der Waals surface area contributed by atoms with Gasteiger partial charge in [-0.05, 0) is 18.2 Å². The Morgan fingerprint density at radius 3 is 2.78 bits per heavy atom. The highest BCUT2D eigenvalue weighted by atomic mass is 16.5. The molecule has 0 saturated heterocycles. The summed E-state index contributed by atoms with van der Waals surface area (Å²) in [6, 6.07) is 13.0. The number of rotatable bonds is 3. The number of nitrogens with two attached hydrogens (primary N) is 1. The number of pyridine rings is 1. The molecule has 1 aromatic heterocycles. The van der Waals surface area contributed by atoms with Crippen LogP contribution < -0.4 is 15.8 Å². The second kappa shape index (κ2) is 5.67. The molecule has 0 bridgehead atoms. The van der Waals surface area contributed by atoms with Gasteiger partial charge in [-0.25, -0.2) is 4.98 Å². The first-order valence-corrected chi connectivity index (χ1v) is 5.44. The van der Waals surface area contributed by atoms with Gasteiger partial charge in [0.05, 0.1) is 7.11 Å². The van der Waals surface area contributed by atoms with Gasteiger partial charge in [0.15, 0.2) is 11.8 Å². The van der Waals surface area contributed by atoms with E-state index in [4.69, 9.17) is 10.5 Å². The summed E-state index contributed by atoms with van der Waals surface area (Å²) in [6.07, 6.45) is 1.62. The first-order valence-electron chi connectivity index (χ1n) is 5.44. The first kappa shape index (κ1) is 11.9. The van der Waals surface area contributed by atoms with Crippen LogP contribution in [0.5, 0.6) is 5.75 Å². The van der Waals surface area contributed by atoms with Gasteiger partial charge < -0.3 is 15.8 Å². The van der Waals surface area contributed by atoms with Crippen molar-refractivity contribution >= 4 is 17.5 Å². The van der Waals surface area contributed by atoms with E-state index in [2.05, 4.69) is 15.3 Å². The lowest BCUT2D eigenvalue weighted by molar-refractivity contribution is 0.414. The third kappa shape index (κ3) is 3.21. The Balaban J connectivity index is 2.12. The van der Waals surface area contributed by atoms with Gasteiger partial charge >= 0.3 is 0 Å². The smallest absolute Gasteiger partial charge is 0.199 e. The first-order chi connectivity index (χ1) is 8.78. The third-order valence-corrected chi connectivity index (χ3v) is 2.23. The van der Waals surface area contributed by atoms with E-state index in [1.807, 2.05) is 30.3 Å². The largest absolute Gasteiger partial charge is 0.497 e. The molecule has 2 aromatic rings. The molecule has 0 aliphatic carbocycles. The van der Waals surface area contributed by atoms with Crippen LogP contribution in [0.3, 0.4) is 0 Å². The van der Waals surface area contributed by atoms with Gasteiger partial charge in [0.25, 0.3) is 0 Å². The maximum absolute atomic E-state index is 5.79. The van der Waals surface area contributed by atoms with Crippen molar-refractivity contribution in [2.24, 2.45) is 10.7 Å². The summed E-state index contributed by atoms with van der Waals surface area (Å²) < 4.78 is 5.08. The van der Waals surface area contributed by atoms with E-state index < -0.39 is 0 Å². The Bertz CT molecular complexity index is 540. The van der Waals surface area contributed by atoms with Crippen LogP contribution in [0.4, 0.5) is 11.5 Å². The van der Waals surface area contributed by atoms with Crippen LogP contribution in [0.15, 0.2) is 53.7 Å². The molecule has 0 atom stereocenters. The van der Waals surface area contributed by atoms with Gasteiger partial charge in [-0.1, -0.05) is 18.2 Å². The van der Waals surface area contributed by atoms with Crippen molar-refractivity contribution in [1.29, 1.82) is 0 Å². The molecule has 0 aliphatic rings. The van der Waals surface area contributed by atoms with Gasteiger partial charge in [0, 0.05) is 18.0 Å². The summed E-state index contributed by atoms with van der Waals surface area (Å²) in [5.41, 5.74) is 6.66. The number of ether oxygens (including phenoxy) is 1. The number of hydrogen-bond donors (Lipinski definition) is 2. The SMILES string of the molecule is COc1ccnc(N=C(N)Nc2ccccc2)c1. The van der Waals surface area contributed by atoms with Gasteiger partial charge in [-0.3, -0.25) is 0 Å². The minimum Gasteiger partial charge on any atom is -0.497 e. The number of hydrogen-bond acceptors (Lipinski definition) is 3. The Hall–Kier alpha value is -2.56. The highest BCUT2D eigenvalue weighted by Crippen LogP contribution is 2.16. The van der Waals surface area contributed by atoms with E-state index in [1.54, 1.807) is 25.4 Å². The van der Waals surface area contributed by atoms with Crippen molar-refractivity contribution in [1.82, 2.24) is 4.98 Å². The normalized spacial score (nSPS) is 11.1. The number of benzene rings is 1. The summed E-state index contributed by atoms with van der Waals surface area (Å²) in [5.74, 6) is 1.47. The average molecular weight is 242 g/mol. The van der Waals surface area contributed by atoms with Crippen molar-refractivity contribution < 1.29 is 4.74 Å². The Morgan fingerprint density at radius 2 is 2.06 bits per heavy atom. The summed E-state index contributed by atoms with van der Waals surface area (Å²) in [6.45, 7) is 0. The van der Waals surface area contributed by atoms with E-state index in [9.17, 15) is 0 Å². The number of aromatic nitrogens is 1. The van der Waals surface area contributed by atoms with Crippen molar-refractivity contribution in [3.05, 3.63) is 48.7 Å². The van der Waals surface area contributed by atoms with Crippen LogP contribution in [0.25, 0.3) is 0 Å². The molecule has 1 heterocycles. The molecule has 0 aliphatic heterocycles.